The van der Waals surface area contributed by atoms with Crippen LogP contribution in [-0.4, -0.2) is 27.9 Å². The first kappa shape index (κ1) is 14.8. The molecule has 1 aromatic carbocycles. The number of thiophene rings is 1. The van der Waals surface area contributed by atoms with E-state index in [0.29, 0.717) is 25.8 Å². The van der Waals surface area contributed by atoms with Crippen LogP contribution in [0, 0.1) is 0 Å². The Kier molecular flexibility index (Phi) is 4.24. The lowest BCUT2D eigenvalue weighted by atomic mass is 9.93. The minimum atomic E-state index is -0.932. The van der Waals surface area contributed by atoms with E-state index in [-0.39, 0.29) is 5.91 Å². The van der Waals surface area contributed by atoms with E-state index in [1.165, 1.54) is 4.90 Å². The van der Waals surface area contributed by atoms with Gasteiger partial charge < -0.3 is 10.0 Å². The number of rotatable bonds is 4. The standard InChI is InChI=1S/C17H17NO3S/c19-16(8-7-14-6-3-9-22-14)18-11-13-5-2-1-4-12(13)10-15(18)17(20)21/h1-6,9,15H,7-8,10-11H2,(H,20,21). The average Bonchev–Trinajstić information content (AvgIpc) is 3.04. The molecule has 0 saturated heterocycles. The SMILES string of the molecule is O=C(O)C1Cc2ccccc2CN1C(=O)CCc1cccs1. The van der Waals surface area contributed by atoms with Gasteiger partial charge in [0.25, 0.3) is 0 Å². The van der Waals surface area contributed by atoms with E-state index >= 15 is 0 Å². The summed E-state index contributed by atoms with van der Waals surface area (Å²) in [6.45, 7) is 0.385. The lowest BCUT2D eigenvalue weighted by Gasteiger charge is -2.34. The third-order valence-corrected chi connectivity index (χ3v) is 4.96. The molecule has 2 aromatic rings. The lowest BCUT2D eigenvalue weighted by Crippen LogP contribution is -2.48. The van der Waals surface area contributed by atoms with Crippen LogP contribution >= 0.6 is 11.3 Å². The molecule has 4 nitrogen and oxygen atoms in total. The smallest absolute Gasteiger partial charge is 0.326 e. The van der Waals surface area contributed by atoms with Gasteiger partial charge in [-0.1, -0.05) is 30.3 Å². The van der Waals surface area contributed by atoms with Gasteiger partial charge in [-0.15, -0.1) is 11.3 Å². The molecule has 0 spiro atoms. The summed E-state index contributed by atoms with van der Waals surface area (Å²) in [5, 5.41) is 11.4. The molecule has 1 atom stereocenters. The van der Waals surface area contributed by atoms with E-state index in [2.05, 4.69) is 0 Å². The van der Waals surface area contributed by atoms with Gasteiger partial charge in [0.05, 0.1) is 0 Å². The number of hydrogen-bond donors (Lipinski definition) is 1. The Morgan fingerprint density at radius 1 is 1.18 bits per heavy atom. The fourth-order valence-corrected chi connectivity index (χ4v) is 3.54. The number of carbonyl (C=O) groups excluding carboxylic acids is 1. The Balaban J connectivity index is 1.75. The number of hydrogen-bond acceptors (Lipinski definition) is 3. The first-order valence-electron chi connectivity index (χ1n) is 7.26. The zero-order chi connectivity index (χ0) is 15.5. The predicted octanol–water partition coefficient (Wildman–Crippen LogP) is 2.72. The van der Waals surface area contributed by atoms with Crippen LogP contribution in [0.25, 0.3) is 0 Å². The Hall–Kier alpha value is -2.14. The minimum absolute atomic E-state index is 0.0877. The van der Waals surface area contributed by atoms with Crippen molar-refractivity contribution >= 4 is 23.2 Å². The van der Waals surface area contributed by atoms with E-state index in [9.17, 15) is 14.7 Å². The molecule has 1 N–H and O–H groups in total. The predicted molar refractivity (Wildman–Crippen MR) is 84.8 cm³/mol. The molecule has 2 heterocycles. The van der Waals surface area contributed by atoms with Gasteiger partial charge in [0.15, 0.2) is 0 Å². The van der Waals surface area contributed by atoms with Gasteiger partial charge in [-0.2, -0.15) is 0 Å². The molecule has 1 aromatic heterocycles. The Morgan fingerprint density at radius 3 is 2.64 bits per heavy atom. The molecule has 1 unspecified atom stereocenters. The largest absolute Gasteiger partial charge is 0.480 e. The fraction of sp³-hybridized carbons (Fsp3) is 0.294. The van der Waals surface area contributed by atoms with Gasteiger partial charge in [0.2, 0.25) is 5.91 Å². The summed E-state index contributed by atoms with van der Waals surface area (Å²) in [6.07, 6.45) is 1.41. The number of nitrogens with zero attached hydrogens (tertiary/aromatic N) is 1. The highest BCUT2D eigenvalue weighted by molar-refractivity contribution is 7.09. The lowest BCUT2D eigenvalue weighted by molar-refractivity contribution is -0.151. The second kappa shape index (κ2) is 6.32. The normalized spacial score (nSPS) is 17.1. The van der Waals surface area contributed by atoms with Crippen molar-refractivity contribution in [3.05, 3.63) is 57.8 Å². The first-order chi connectivity index (χ1) is 10.6. The maximum Gasteiger partial charge on any atom is 0.326 e. The zero-order valence-electron chi connectivity index (χ0n) is 12.1. The number of aryl methyl sites for hydroxylation is 1. The Morgan fingerprint density at radius 2 is 1.95 bits per heavy atom. The highest BCUT2D eigenvalue weighted by Crippen LogP contribution is 2.24. The summed E-state index contributed by atoms with van der Waals surface area (Å²) in [6, 6.07) is 10.9. The number of carboxylic acids is 1. The van der Waals surface area contributed by atoms with Crippen LogP contribution in [0.3, 0.4) is 0 Å². The van der Waals surface area contributed by atoms with Crippen molar-refractivity contribution in [1.82, 2.24) is 4.90 Å². The minimum Gasteiger partial charge on any atom is -0.480 e. The van der Waals surface area contributed by atoms with E-state index in [1.54, 1.807) is 11.3 Å². The molecule has 1 amide bonds. The summed E-state index contributed by atoms with van der Waals surface area (Å²) in [7, 11) is 0. The van der Waals surface area contributed by atoms with Gasteiger partial charge in [-0.3, -0.25) is 4.79 Å². The van der Waals surface area contributed by atoms with Gasteiger partial charge in [-0.05, 0) is 29.0 Å². The van der Waals surface area contributed by atoms with Crippen LogP contribution < -0.4 is 0 Å². The molecule has 0 aliphatic carbocycles. The van der Waals surface area contributed by atoms with Crippen LogP contribution in [0.5, 0.6) is 0 Å². The molecule has 3 rings (SSSR count). The van der Waals surface area contributed by atoms with Crippen molar-refractivity contribution in [3.63, 3.8) is 0 Å². The van der Waals surface area contributed by atoms with Gasteiger partial charge in [0, 0.05) is 24.3 Å². The van der Waals surface area contributed by atoms with Crippen LogP contribution in [-0.2, 0) is 29.0 Å². The maximum absolute atomic E-state index is 12.5. The Labute approximate surface area is 133 Å². The van der Waals surface area contributed by atoms with E-state index < -0.39 is 12.0 Å². The molecule has 0 saturated carbocycles. The van der Waals surface area contributed by atoms with Crippen molar-refractivity contribution in [2.45, 2.75) is 31.8 Å². The van der Waals surface area contributed by atoms with Crippen LogP contribution in [0.1, 0.15) is 22.4 Å². The van der Waals surface area contributed by atoms with Gasteiger partial charge >= 0.3 is 5.97 Å². The van der Waals surface area contributed by atoms with Crippen molar-refractivity contribution in [2.75, 3.05) is 0 Å². The van der Waals surface area contributed by atoms with Crippen LogP contribution in [0.15, 0.2) is 41.8 Å². The third kappa shape index (κ3) is 3.04. The molecule has 5 heteroatoms. The summed E-state index contributed by atoms with van der Waals surface area (Å²) >= 11 is 1.62. The molecule has 114 valence electrons. The number of aliphatic carboxylic acids is 1. The number of amides is 1. The maximum atomic E-state index is 12.5. The average molecular weight is 315 g/mol. The number of carbonyl (C=O) groups is 2. The van der Waals surface area contributed by atoms with Crippen molar-refractivity contribution in [2.24, 2.45) is 0 Å². The summed E-state index contributed by atoms with van der Waals surface area (Å²) in [4.78, 5) is 26.7. The van der Waals surface area contributed by atoms with Gasteiger partial charge in [-0.25, -0.2) is 4.79 Å². The summed E-state index contributed by atoms with van der Waals surface area (Å²) < 4.78 is 0. The number of fused-ring (bicyclic) bond motifs is 1. The molecule has 1 aliphatic heterocycles. The number of benzene rings is 1. The quantitative estimate of drug-likeness (QED) is 0.944. The van der Waals surface area contributed by atoms with Crippen molar-refractivity contribution < 1.29 is 14.7 Å². The molecule has 1 aliphatic rings. The topological polar surface area (TPSA) is 57.6 Å². The summed E-state index contributed by atoms with van der Waals surface area (Å²) in [5.74, 6) is -1.02. The summed E-state index contributed by atoms with van der Waals surface area (Å²) in [5.41, 5.74) is 2.07. The Bertz CT molecular complexity index is 681. The van der Waals surface area contributed by atoms with E-state index in [4.69, 9.17) is 0 Å². The van der Waals surface area contributed by atoms with Crippen LogP contribution in [0.4, 0.5) is 0 Å². The zero-order valence-corrected chi connectivity index (χ0v) is 12.9. The highest BCUT2D eigenvalue weighted by atomic mass is 32.1. The molecular formula is C17H17NO3S. The third-order valence-electron chi connectivity index (χ3n) is 4.02. The van der Waals surface area contributed by atoms with Gasteiger partial charge in [0.1, 0.15) is 6.04 Å². The van der Waals surface area contributed by atoms with Crippen molar-refractivity contribution in [3.8, 4) is 0 Å². The molecular weight excluding hydrogens is 298 g/mol. The molecule has 0 fully saturated rings. The molecule has 0 bridgehead atoms. The van der Waals surface area contributed by atoms with Crippen LogP contribution in [0.2, 0.25) is 0 Å². The monoisotopic (exact) mass is 315 g/mol. The second-order valence-corrected chi connectivity index (χ2v) is 6.46. The highest BCUT2D eigenvalue weighted by Gasteiger charge is 2.34. The first-order valence-corrected chi connectivity index (χ1v) is 8.14. The molecule has 22 heavy (non-hydrogen) atoms. The number of carboxylic acid groups (broad SMARTS) is 1. The van der Waals surface area contributed by atoms with Crippen molar-refractivity contribution in [1.29, 1.82) is 0 Å². The molecule has 0 radical (unpaired) electrons. The van der Waals surface area contributed by atoms with E-state index in [1.807, 2.05) is 41.8 Å². The van der Waals surface area contributed by atoms with E-state index in [0.717, 1.165) is 16.0 Å². The second-order valence-electron chi connectivity index (χ2n) is 5.43. The fourth-order valence-electron chi connectivity index (χ4n) is 2.83.